The van der Waals surface area contributed by atoms with Crippen molar-refractivity contribution in [2.45, 2.75) is 103 Å². The topological polar surface area (TPSA) is 297 Å². The van der Waals surface area contributed by atoms with Gasteiger partial charge in [-0.05, 0) is 81.5 Å². The van der Waals surface area contributed by atoms with Gasteiger partial charge in [0.1, 0.15) is 5.82 Å². The first-order chi connectivity index (χ1) is 46.5. The average Bonchev–Trinajstić information content (AvgIpc) is 1.71. The maximum Gasteiger partial charge on any atom is 0.315 e. The van der Waals surface area contributed by atoms with Crippen LogP contribution in [0.15, 0.2) is 47.5 Å². The molecular formula is C67H104N10O17S. The van der Waals surface area contributed by atoms with Gasteiger partial charge in [0.15, 0.2) is 0 Å². The van der Waals surface area contributed by atoms with Crippen molar-refractivity contribution in [3.63, 3.8) is 0 Å². The Labute approximate surface area is 563 Å². The van der Waals surface area contributed by atoms with E-state index in [4.69, 9.17) is 61.8 Å². The highest BCUT2D eigenvalue weighted by molar-refractivity contribution is 8.00. The highest BCUT2D eigenvalue weighted by Crippen LogP contribution is 2.34. The second kappa shape index (κ2) is 44.9. The summed E-state index contributed by atoms with van der Waals surface area (Å²) in [5.74, 6) is 1.56. The molecule has 5 N–H and O–H groups in total. The SMILES string of the molecule is CCCc1cc(C)[nH]c(=O)c1CNC(=O)c1cc(-c2ccc(N3CCN(C(=O)CCOCCOCCOCCOCCOCCOCCOCCOCCOCCOCCOCCOCCNC(=O)CCCCC4SCC5NC(=O)NC54)CC3)nc2)cc2c1cnn2C(C)C. The molecule has 3 fully saturated rings. The molecule has 0 radical (unpaired) electrons. The number of urea groups is 1. The monoisotopic (exact) mass is 1350 g/mol. The first kappa shape index (κ1) is 76.5. The number of anilines is 1. The summed E-state index contributed by atoms with van der Waals surface area (Å²) >= 11 is 1.90. The number of carbonyl (C=O) groups is 4. The number of aromatic nitrogens is 4. The third-order valence-electron chi connectivity index (χ3n) is 16.0. The Balaban J connectivity index is 0.572. The second-order valence-corrected chi connectivity index (χ2v) is 24.7. The quantitative estimate of drug-likeness (QED) is 0.0297. The maximum atomic E-state index is 13.9. The predicted octanol–water partition coefficient (Wildman–Crippen LogP) is 4.64. The molecule has 0 bridgehead atoms. The van der Waals surface area contributed by atoms with Crippen LogP contribution >= 0.6 is 11.8 Å². The molecule has 28 heteroatoms. The summed E-state index contributed by atoms with van der Waals surface area (Å²) in [7, 11) is 0. The standard InChI is InChI=1S/C67H104N10O17S/c1-5-8-52-43-51(4)72-66(81)56(52)47-70-65(80)55-44-54(45-59-57(55)48-71-77(59)50(2)3)53-11-12-61(69-46-53)75-15-17-76(18-16-75)63(79)13-19-83-21-23-85-25-27-87-29-31-89-33-35-91-37-39-93-41-42-94-40-38-92-36-34-90-32-30-88-28-26-86-24-22-84-20-14-68-62(78)10-7-6-9-60-64-58(49-95-60)73-67(82)74-64/h11-12,43-46,48,50,58,60,64H,5-10,13-42,47,49H2,1-4H3,(H,68,78)(H,70,80)(H,72,81)(H2,73,74,82). The molecule has 1 aromatic carbocycles. The van der Waals surface area contributed by atoms with Crippen LogP contribution in [-0.2, 0) is 79.4 Å². The van der Waals surface area contributed by atoms with Crippen LogP contribution in [0.2, 0.25) is 0 Å². The van der Waals surface area contributed by atoms with Crippen molar-refractivity contribution in [3.05, 3.63) is 75.5 Å². The van der Waals surface area contributed by atoms with Gasteiger partial charge in [-0.15, -0.1) is 0 Å². The van der Waals surface area contributed by atoms with Crippen molar-refractivity contribution in [1.82, 2.24) is 45.9 Å². The number of nitrogens with one attached hydrogen (secondary N) is 5. The van der Waals surface area contributed by atoms with Gasteiger partial charge in [0.05, 0.1) is 194 Å². The minimum absolute atomic E-state index is 0.0346. The number of nitrogens with zero attached hydrogens (tertiary/aromatic N) is 5. The van der Waals surface area contributed by atoms with E-state index in [1.165, 1.54) is 0 Å². The van der Waals surface area contributed by atoms with Gasteiger partial charge in [0.25, 0.3) is 11.5 Å². The van der Waals surface area contributed by atoms with Gasteiger partial charge in [0.2, 0.25) is 11.8 Å². The number of unbranched alkanes of at least 4 members (excludes halogenated alkanes) is 1. The van der Waals surface area contributed by atoms with E-state index in [-0.39, 0.29) is 54.0 Å². The Kier molecular flexibility index (Phi) is 36.1. The molecular weight excluding hydrogens is 1250 g/mol. The fourth-order valence-corrected chi connectivity index (χ4v) is 12.6. The lowest BCUT2D eigenvalue weighted by Crippen LogP contribution is -2.49. The fourth-order valence-electron chi connectivity index (χ4n) is 11.0. The number of carbonyl (C=O) groups excluding carboxylic acids is 4. The maximum absolute atomic E-state index is 13.9. The summed E-state index contributed by atoms with van der Waals surface area (Å²) in [6.07, 6.45) is 8.76. The molecule has 5 amide bonds. The number of thioether (sulfide) groups is 1. The first-order valence-electron chi connectivity index (χ1n) is 33.9. The highest BCUT2D eigenvalue weighted by atomic mass is 32.2. The molecule has 3 atom stereocenters. The van der Waals surface area contributed by atoms with Crippen LogP contribution < -0.4 is 31.7 Å². The van der Waals surface area contributed by atoms with Crippen LogP contribution in [-0.4, -0.2) is 263 Å². The van der Waals surface area contributed by atoms with Gasteiger partial charge in [-0.2, -0.15) is 16.9 Å². The molecule has 3 aromatic heterocycles. The van der Waals surface area contributed by atoms with Crippen molar-refractivity contribution >= 4 is 52.2 Å². The lowest BCUT2D eigenvalue weighted by atomic mass is 10.00. The van der Waals surface area contributed by atoms with E-state index < -0.39 is 0 Å². The molecule has 3 unspecified atom stereocenters. The molecule has 3 aliphatic rings. The Bertz CT molecular complexity index is 2920. The van der Waals surface area contributed by atoms with E-state index in [0.29, 0.717) is 221 Å². The molecule has 95 heavy (non-hydrogen) atoms. The third kappa shape index (κ3) is 27.9. The number of ether oxygens (including phenoxy) is 12. The molecule has 27 nitrogen and oxygen atoms in total. The Morgan fingerprint density at radius 3 is 1.71 bits per heavy atom. The molecule has 4 aromatic rings. The van der Waals surface area contributed by atoms with E-state index in [2.05, 4.69) is 43.2 Å². The lowest BCUT2D eigenvalue weighted by Gasteiger charge is -2.35. The van der Waals surface area contributed by atoms with E-state index in [9.17, 15) is 24.0 Å². The number of fused-ring (bicyclic) bond motifs is 2. The normalized spacial score (nSPS) is 16.3. The van der Waals surface area contributed by atoms with E-state index >= 15 is 0 Å². The zero-order valence-corrected chi connectivity index (χ0v) is 57.1. The number of hydrogen-bond donors (Lipinski definition) is 5. The average molecular weight is 1350 g/mol. The third-order valence-corrected chi connectivity index (χ3v) is 17.5. The molecule has 0 saturated carbocycles. The van der Waals surface area contributed by atoms with Gasteiger partial charge >= 0.3 is 6.03 Å². The zero-order chi connectivity index (χ0) is 67.1. The van der Waals surface area contributed by atoms with Crippen LogP contribution in [0.5, 0.6) is 0 Å². The van der Waals surface area contributed by atoms with Gasteiger partial charge in [-0.25, -0.2) is 9.78 Å². The van der Waals surface area contributed by atoms with Gasteiger partial charge in [-0.3, -0.25) is 23.9 Å². The number of piperazine rings is 1. The fraction of sp³-hybridized carbons (Fsp3) is 0.687. The van der Waals surface area contributed by atoms with Gasteiger partial charge in [-0.1, -0.05) is 19.8 Å². The first-order valence-corrected chi connectivity index (χ1v) is 34.9. The van der Waals surface area contributed by atoms with Gasteiger partial charge < -0.3 is 92.9 Å². The number of rotatable bonds is 52. The van der Waals surface area contributed by atoms with Crippen LogP contribution in [0, 0.1) is 6.92 Å². The summed E-state index contributed by atoms with van der Waals surface area (Å²) in [6.45, 7) is 21.8. The van der Waals surface area contributed by atoms with Crippen LogP contribution in [0.4, 0.5) is 10.6 Å². The number of pyridine rings is 2. The van der Waals surface area contributed by atoms with Crippen molar-refractivity contribution in [2.75, 3.05) is 202 Å². The van der Waals surface area contributed by atoms with Gasteiger partial charge in [0, 0.05) is 91.1 Å². The van der Waals surface area contributed by atoms with Crippen LogP contribution in [0.1, 0.15) is 92.5 Å². The van der Waals surface area contributed by atoms with Crippen molar-refractivity contribution in [1.29, 1.82) is 0 Å². The minimum Gasteiger partial charge on any atom is -0.379 e. The molecule has 3 saturated heterocycles. The number of benzene rings is 1. The summed E-state index contributed by atoms with van der Waals surface area (Å²) in [5, 5.41) is 17.7. The lowest BCUT2D eigenvalue weighted by molar-refractivity contribution is -0.132. The minimum atomic E-state index is -0.289. The van der Waals surface area contributed by atoms with Crippen molar-refractivity contribution < 1.29 is 76.0 Å². The van der Waals surface area contributed by atoms with E-state index in [1.807, 2.05) is 78.6 Å². The molecule has 7 rings (SSSR count). The zero-order valence-electron chi connectivity index (χ0n) is 56.3. The smallest absolute Gasteiger partial charge is 0.315 e. The summed E-state index contributed by atoms with van der Waals surface area (Å²) in [5.41, 5.74) is 5.09. The van der Waals surface area contributed by atoms with Crippen LogP contribution in [0.25, 0.3) is 22.0 Å². The summed E-state index contributed by atoms with van der Waals surface area (Å²) in [6, 6.07) is 10.3. The number of aromatic amines is 1. The van der Waals surface area contributed by atoms with Crippen molar-refractivity contribution in [3.8, 4) is 11.1 Å². The summed E-state index contributed by atoms with van der Waals surface area (Å²) < 4.78 is 68.7. The molecule has 6 heterocycles. The molecule has 0 spiro atoms. The van der Waals surface area contributed by atoms with Crippen LogP contribution in [0.3, 0.4) is 0 Å². The molecule has 530 valence electrons. The van der Waals surface area contributed by atoms with E-state index in [0.717, 1.165) is 77.0 Å². The van der Waals surface area contributed by atoms with Crippen molar-refractivity contribution in [2.24, 2.45) is 0 Å². The Morgan fingerprint density at radius 2 is 1.18 bits per heavy atom. The van der Waals surface area contributed by atoms with E-state index in [1.54, 1.807) is 6.20 Å². The second-order valence-electron chi connectivity index (χ2n) is 23.4. The largest absolute Gasteiger partial charge is 0.379 e. The Morgan fingerprint density at radius 1 is 0.632 bits per heavy atom. The number of aryl methyl sites for hydroxylation is 2. The predicted molar refractivity (Wildman–Crippen MR) is 361 cm³/mol. The number of amides is 5. The number of H-pyrrole nitrogens is 1. The highest BCUT2D eigenvalue weighted by Gasteiger charge is 2.42. The molecule has 3 aliphatic heterocycles. The Hall–Kier alpha value is -5.86. The molecule has 0 aliphatic carbocycles. The number of hydrogen-bond acceptors (Lipinski definition) is 21. The summed E-state index contributed by atoms with van der Waals surface area (Å²) in [4.78, 5) is 75.3.